The van der Waals surface area contributed by atoms with Gasteiger partial charge in [0.05, 0.1) is 30.7 Å². The van der Waals surface area contributed by atoms with Gasteiger partial charge in [-0.3, -0.25) is 4.99 Å². The Balaban J connectivity index is 1.48. The van der Waals surface area contributed by atoms with E-state index in [0.717, 1.165) is 37.6 Å². The Labute approximate surface area is 169 Å². The van der Waals surface area contributed by atoms with Crippen LogP contribution in [0.4, 0.5) is 11.4 Å². The molecule has 1 N–H and O–H groups in total. The monoisotopic (exact) mass is 390 g/mol. The van der Waals surface area contributed by atoms with Gasteiger partial charge in [0, 0.05) is 24.3 Å². The van der Waals surface area contributed by atoms with Gasteiger partial charge in [0.25, 0.3) is 0 Å². The third-order valence-electron chi connectivity index (χ3n) is 5.02. The summed E-state index contributed by atoms with van der Waals surface area (Å²) in [5, 5.41) is 9.29. The van der Waals surface area contributed by atoms with Crippen molar-refractivity contribution >= 4 is 23.6 Å². The van der Waals surface area contributed by atoms with Gasteiger partial charge in [0.15, 0.2) is 0 Å². The maximum atomic E-state index is 11.3. The largest absolute Gasteiger partial charge is 0.478 e. The average molecular weight is 390 g/mol. The number of anilines is 1. The van der Waals surface area contributed by atoms with Gasteiger partial charge in [0.1, 0.15) is 11.5 Å². The number of nitrogens with zero attached hydrogens (tertiary/aromatic N) is 2. The molecule has 1 aliphatic rings. The fourth-order valence-electron chi connectivity index (χ4n) is 3.41. The molecule has 1 fully saturated rings. The van der Waals surface area contributed by atoms with E-state index < -0.39 is 5.97 Å². The summed E-state index contributed by atoms with van der Waals surface area (Å²) in [6.07, 6.45) is 1.67. The molecule has 148 valence electrons. The van der Waals surface area contributed by atoms with Gasteiger partial charge in [-0.15, -0.1) is 0 Å². The molecule has 0 unspecified atom stereocenters. The van der Waals surface area contributed by atoms with Crippen molar-refractivity contribution in [1.29, 1.82) is 0 Å². The number of ether oxygens (including phenoxy) is 1. The Hall–Kier alpha value is -3.38. The number of rotatable bonds is 5. The number of benzene rings is 2. The number of hydrogen-bond acceptors (Lipinski definition) is 5. The zero-order chi connectivity index (χ0) is 20.2. The first-order valence-corrected chi connectivity index (χ1v) is 9.52. The standard InChI is InChI=1S/C23H22N2O4/c1-16-20(3-2-4-21(16)23(26)27)22-10-9-19(29-22)15-24-17-5-7-18(8-6-17)25-11-13-28-14-12-25/h2-10,15H,11-14H2,1H3,(H,26,27). The summed E-state index contributed by atoms with van der Waals surface area (Å²) in [4.78, 5) is 18.1. The summed E-state index contributed by atoms with van der Waals surface area (Å²) in [6.45, 7) is 5.11. The highest BCUT2D eigenvalue weighted by Crippen LogP contribution is 2.28. The van der Waals surface area contributed by atoms with Crippen molar-refractivity contribution in [3.63, 3.8) is 0 Å². The molecule has 1 aliphatic heterocycles. The lowest BCUT2D eigenvalue weighted by Crippen LogP contribution is -2.36. The Morgan fingerprint density at radius 3 is 2.55 bits per heavy atom. The van der Waals surface area contributed by atoms with Crippen LogP contribution >= 0.6 is 0 Å². The van der Waals surface area contributed by atoms with Crippen LogP contribution in [0, 0.1) is 6.92 Å². The number of aliphatic imine (C=N–C) groups is 1. The van der Waals surface area contributed by atoms with E-state index in [0.29, 0.717) is 17.1 Å². The smallest absolute Gasteiger partial charge is 0.335 e. The summed E-state index contributed by atoms with van der Waals surface area (Å²) >= 11 is 0. The second-order valence-electron chi connectivity index (χ2n) is 6.86. The molecule has 0 bridgehead atoms. The molecule has 0 saturated carbocycles. The van der Waals surface area contributed by atoms with Crippen molar-refractivity contribution in [2.45, 2.75) is 6.92 Å². The second kappa shape index (κ2) is 8.32. The zero-order valence-electron chi connectivity index (χ0n) is 16.2. The lowest BCUT2D eigenvalue weighted by molar-refractivity contribution is 0.0696. The van der Waals surface area contributed by atoms with E-state index in [9.17, 15) is 9.90 Å². The van der Waals surface area contributed by atoms with Gasteiger partial charge in [0.2, 0.25) is 0 Å². The van der Waals surface area contributed by atoms with Gasteiger partial charge in [-0.25, -0.2) is 4.79 Å². The van der Waals surface area contributed by atoms with Crippen molar-refractivity contribution in [3.8, 4) is 11.3 Å². The predicted octanol–water partition coefficient (Wildman–Crippen LogP) is 4.54. The molecule has 6 nitrogen and oxygen atoms in total. The third kappa shape index (κ3) is 4.22. The Morgan fingerprint density at radius 1 is 1.07 bits per heavy atom. The number of furan rings is 1. The quantitative estimate of drug-likeness (QED) is 0.648. The molecule has 4 rings (SSSR count). The van der Waals surface area contributed by atoms with Crippen molar-refractivity contribution in [2.24, 2.45) is 4.99 Å². The molecule has 0 spiro atoms. The minimum Gasteiger partial charge on any atom is -0.478 e. The van der Waals surface area contributed by atoms with Gasteiger partial charge in [-0.05, 0) is 55.0 Å². The van der Waals surface area contributed by atoms with E-state index in [4.69, 9.17) is 9.15 Å². The topological polar surface area (TPSA) is 75.3 Å². The maximum Gasteiger partial charge on any atom is 0.335 e. The highest BCUT2D eigenvalue weighted by Gasteiger charge is 2.14. The molecule has 6 heteroatoms. The van der Waals surface area contributed by atoms with Gasteiger partial charge in [-0.1, -0.05) is 12.1 Å². The predicted molar refractivity (Wildman–Crippen MR) is 113 cm³/mol. The molecule has 0 amide bonds. The van der Waals surface area contributed by atoms with Crippen LogP contribution in [0.15, 0.2) is 64.0 Å². The minimum absolute atomic E-state index is 0.273. The zero-order valence-corrected chi connectivity index (χ0v) is 16.2. The molecule has 0 atom stereocenters. The van der Waals surface area contributed by atoms with E-state index >= 15 is 0 Å². The van der Waals surface area contributed by atoms with E-state index in [1.165, 1.54) is 5.69 Å². The molecule has 1 saturated heterocycles. The Morgan fingerprint density at radius 2 is 1.83 bits per heavy atom. The molecule has 0 radical (unpaired) electrons. The molecule has 3 aromatic rings. The molecule has 29 heavy (non-hydrogen) atoms. The van der Waals surface area contributed by atoms with Gasteiger partial charge < -0.3 is 19.2 Å². The molecule has 1 aromatic heterocycles. The van der Waals surface area contributed by atoms with E-state index in [1.807, 2.05) is 30.3 Å². The summed E-state index contributed by atoms with van der Waals surface area (Å²) in [5.41, 5.74) is 3.72. The van der Waals surface area contributed by atoms with Crippen LogP contribution < -0.4 is 4.90 Å². The van der Waals surface area contributed by atoms with Gasteiger partial charge in [-0.2, -0.15) is 0 Å². The van der Waals surface area contributed by atoms with Gasteiger partial charge >= 0.3 is 5.97 Å². The SMILES string of the molecule is Cc1c(C(=O)O)cccc1-c1ccc(C=Nc2ccc(N3CCOCC3)cc2)o1. The molecule has 2 aromatic carbocycles. The number of morpholine rings is 1. The summed E-state index contributed by atoms with van der Waals surface area (Å²) in [5.74, 6) is 0.283. The van der Waals surface area contributed by atoms with E-state index in [-0.39, 0.29) is 5.56 Å². The number of carboxylic acid groups (broad SMARTS) is 1. The number of carboxylic acids is 1. The number of hydrogen-bond donors (Lipinski definition) is 1. The molecule has 0 aliphatic carbocycles. The summed E-state index contributed by atoms with van der Waals surface area (Å²) in [6, 6.07) is 16.9. The number of carbonyl (C=O) groups is 1. The third-order valence-corrected chi connectivity index (χ3v) is 5.02. The van der Waals surface area contributed by atoms with E-state index in [1.54, 1.807) is 25.3 Å². The molecule has 2 heterocycles. The minimum atomic E-state index is -0.946. The normalized spacial score (nSPS) is 14.4. The van der Waals surface area contributed by atoms with Crippen LogP contribution in [0.2, 0.25) is 0 Å². The fraction of sp³-hybridized carbons (Fsp3) is 0.217. The highest BCUT2D eigenvalue weighted by molar-refractivity contribution is 5.91. The molecular formula is C23H22N2O4. The van der Waals surface area contributed by atoms with Crippen LogP contribution in [0.5, 0.6) is 0 Å². The van der Waals surface area contributed by atoms with Crippen LogP contribution in [0.25, 0.3) is 11.3 Å². The summed E-state index contributed by atoms with van der Waals surface area (Å²) in [7, 11) is 0. The van der Waals surface area contributed by atoms with Crippen molar-refractivity contribution in [1.82, 2.24) is 0 Å². The lowest BCUT2D eigenvalue weighted by atomic mass is 10.0. The lowest BCUT2D eigenvalue weighted by Gasteiger charge is -2.28. The fourth-order valence-corrected chi connectivity index (χ4v) is 3.41. The van der Waals surface area contributed by atoms with Crippen molar-refractivity contribution < 1.29 is 19.1 Å². The Kier molecular flexibility index (Phi) is 5.44. The number of aromatic carboxylic acids is 1. The average Bonchev–Trinajstić information content (AvgIpc) is 3.22. The maximum absolute atomic E-state index is 11.3. The first kappa shape index (κ1) is 19.0. The first-order valence-electron chi connectivity index (χ1n) is 9.52. The molecular weight excluding hydrogens is 368 g/mol. The Bertz CT molecular complexity index is 1030. The van der Waals surface area contributed by atoms with Crippen LogP contribution in [-0.2, 0) is 4.74 Å². The van der Waals surface area contributed by atoms with Crippen LogP contribution in [0.1, 0.15) is 21.7 Å². The van der Waals surface area contributed by atoms with E-state index in [2.05, 4.69) is 22.0 Å². The first-order chi connectivity index (χ1) is 14.1. The van der Waals surface area contributed by atoms with Crippen LogP contribution in [-0.4, -0.2) is 43.6 Å². The highest BCUT2D eigenvalue weighted by atomic mass is 16.5. The van der Waals surface area contributed by atoms with Crippen molar-refractivity contribution in [2.75, 3.05) is 31.2 Å². The second-order valence-corrected chi connectivity index (χ2v) is 6.86. The van der Waals surface area contributed by atoms with Crippen molar-refractivity contribution in [3.05, 3.63) is 71.5 Å². The summed E-state index contributed by atoms with van der Waals surface area (Å²) < 4.78 is 11.2. The van der Waals surface area contributed by atoms with Crippen LogP contribution in [0.3, 0.4) is 0 Å².